The summed E-state index contributed by atoms with van der Waals surface area (Å²) in [6.07, 6.45) is 3.03. The van der Waals surface area contributed by atoms with Crippen LogP contribution in [0.2, 0.25) is 0 Å². The van der Waals surface area contributed by atoms with Gasteiger partial charge in [-0.1, -0.05) is 30.3 Å². The van der Waals surface area contributed by atoms with E-state index < -0.39 is 0 Å². The third-order valence-electron chi connectivity index (χ3n) is 3.37. The summed E-state index contributed by atoms with van der Waals surface area (Å²) >= 11 is 0. The zero-order chi connectivity index (χ0) is 13.0. The molecule has 1 aliphatic rings. The molecule has 0 saturated heterocycles. The van der Waals surface area contributed by atoms with Crippen LogP contribution in [-0.4, -0.2) is 31.1 Å². The fourth-order valence-corrected chi connectivity index (χ4v) is 2.22. The maximum atomic E-state index is 11.3. The highest BCUT2D eigenvalue weighted by molar-refractivity contribution is 5.87. The number of methoxy groups -OCH3 is 1. The number of esters is 1. The van der Waals surface area contributed by atoms with Crippen molar-refractivity contribution in [1.82, 2.24) is 4.90 Å². The van der Waals surface area contributed by atoms with Gasteiger partial charge in [-0.3, -0.25) is 4.90 Å². The molecule has 0 bridgehead atoms. The number of carbonyl (C=O) groups excluding carboxylic acids is 1. The average Bonchev–Trinajstić information content (AvgIpc) is 2.43. The first-order valence-corrected chi connectivity index (χ1v) is 6.25. The minimum absolute atomic E-state index is 0.243. The van der Waals surface area contributed by atoms with Gasteiger partial charge < -0.3 is 4.74 Å². The predicted molar refractivity (Wildman–Crippen MR) is 71.2 cm³/mol. The Labute approximate surface area is 108 Å². The van der Waals surface area contributed by atoms with Crippen LogP contribution in [-0.2, 0) is 22.5 Å². The van der Waals surface area contributed by atoms with Crippen molar-refractivity contribution >= 4 is 5.97 Å². The SMILES string of the molecule is COC(=O)C(C)=CCN1CCc2ccccc2C1. The number of ether oxygens (including phenoxy) is 1. The molecule has 96 valence electrons. The van der Waals surface area contributed by atoms with E-state index in [2.05, 4.69) is 33.9 Å². The molecule has 0 fully saturated rings. The molecule has 0 N–H and O–H groups in total. The van der Waals surface area contributed by atoms with Gasteiger partial charge in [0.2, 0.25) is 0 Å². The molecule has 0 spiro atoms. The number of carbonyl (C=O) groups is 1. The van der Waals surface area contributed by atoms with Crippen LogP contribution in [0.1, 0.15) is 18.1 Å². The van der Waals surface area contributed by atoms with Gasteiger partial charge in [-0.15, -0.1) is 0 Å². The fraction of sp³-hybridized carbons (Fsp3) is 0.400. The second-order valence-corrected chi connectivity index (χ2v) is 4.63. The maximum absolute atomic E-state index is 11.3. The molecule has 0 aromatic heterocycles. The summed E-state index contributed by atoms with van der Waals surface area (Å²) in [7, 11) is 1.41. The van der Waals surface area contributed by atoms with E-state index in [1.165, 1.54) is 18.2 Å². The Morgan fingerprint density at radius 2 is 2.11 bits per heavy atom. The van der Waals surface area contributed by atoms with Crippen molar-refractivity contribution in [1.29, 1.82) is 0 Å². The van der Waals surface area contributed by atoms with Gasteiger partial charge in [0.05, 0.1) is 7.11 Å². The zero-order valence-corrected chi connectivity index (χ0v) is 11.0. The molecule has 0 unspecified atom stereocenters. The second kappa shape index (κ2) is 5.83. The first kappa shape index (κ1) is 12.8. The van der Waals surface area contributed by atoms with Crippen molar-refractivity contribution < 1.29 is 9.53 Å². The van der Waals surface area contributed by atoms with E-state index in [4.69, 9.17) is 0 Å². The normalized spacial score (nSPS) is 16.2. The number of fused-ring (bicyclic) bond motifs is 1. The van der Waals surface area contributed by atoms with E-state index >= 15 is 0 Å². The third-order valence-corrected chi connectivity index (χ3v) is 3.37. The molecule has 0 amide bonds. The minimum atomic E-state index is -0.243. The van der Waals surface area contributed by atoms with Crippen LogP contribution < -0.4 is 0 Å². The van der Waals surface area contributed by atoms with Crippen molar-refractivity contribution in [3.8, 4) is 0 Å². The summed E-state index contributed by atoms with van der Waals surface area (Å²) < 4.78 is 4.68. The zero-order valence-electron chi connectivity index (χ0n) is 11.0. The molecule has 0 aliphatic carbocycles. The molecule has 3 heteroatoms. The molecule has 1 heterocycles. The van der Waals surface area contributed by atoms with E-state index in [9.17, 15) is 4.79 Å². The van der Waals surface area contributed by atoms with Crippen molar-refractivity contribution in [2.75, 3.05) is 20.2 Å². The Morgan fingerprint density at radius 3 is 2.83 bits per heavy atom. The second-order valence-electron chi connectivity index (χ2n) is 4.63. The fourth-order valence-electron chi connectivity index (χ4n) is 2.22. The molecule has 0 radical (unpaired) electrons. The van der Waals surface area contributed by atoms with E-state index in [1.807, 2.05) is 6.08 Å². The summed E-state index contributed by atoms with van der Waals surface area (Å²) in [4.78, 5) is 13.6. The van der Waals surface area contributed by atoms with Crippen LogP contribution >= 0.6 is 0 Å². The average molecular weight is 245 g/mol. The van der Waals surface area contributed by atoms with Gasteiger partial charge in [0.25, 0.3) is 0 Å². The monoisotopic (exact) mass is 245 g/mol. The first-order valence-electron chi connectivity index (χ1n) is 6.25. The molecule has 0 saturated carbocycles. The summed E-state index contributed by atoms with van der Waals surface area (Å²) in [5, 5.41) is 0. The number of hydrogen-bond acceptors (Lipinski definition) is 3. The van der Waals surface area contributed by atoms with E-state index in [0.29, 0.717) is 5.57 Å². The topological polar surface area (TPSA) is 29.5 Å². The van der Waals surface area contributed by atoms with Crippen molar-refractivity contribution in [2.24, 2.45) is 0 Å². The lowest BCUT2D eigenvalue weighted by Gasteiger charge is -2.27. The van der Waals surface area contributed by atoms with Crippen molar-refractivity contribution in [2.45, 2.75) is 19.9 Å². The van der Waals surface area contributed by atoms with Gasteiger partial charge in [0.1, 0.15) is 0 Å². The van der Waals surface area contributed by atoms with Crippen LogP contribution in [0, 0.1) is 0 Å². The van der Waals surface area contributed by atoms with E-state index in [0.717, 1.165) is 26.1 Å². The highest BCUT2D eigenvalue weighted by Crippen LogP contribution is 2.18. The largest absolute Gasteiger partial charge is 0.466 e. The lowest BCUT2D eigenvalue weighted by molar-refractivity contribution is -0.136. The Balaban J connectivity index is 1.96. The van der Waals surface area contributed by atoms with Gasteiger partial charge >= 0.3 is 5.97 Å². The van der Waals surface area contributed by atoms with Gasteiger partial charge in [-0.05, 0) is 24.5 Å². The highest BCUT2D eigenvalue weighted by atomic mass is 16.5. The molecule has 1 aromatic rings. The van der Waals surface area contributed by atoms with Crippen LogP contribution in [0.3, 0.4) is 0 Å². The predicted octanol–water partition coefficient (Wildman–Crippen LogP) is 2.16. The third kappa shape index (κ3) is 2.99. The van der Waals surface area contributed by atoms with Crippen LogP contribution in [0.5, 0.6) is 0 Å². The molecular formula is C15H19NO2. The number of rotatable bonds is 3. The van der Waals surface area contributed by atoms with Gasteiger partial charge in [-0.25, -0.2) is 4.79 Å². The highest BCUT2D eigenvalue weighted by Gasteiger charge is 2.14. The van der Waals surface area contributed by atoms with E-state index in [1.54, 1.807) is 6.92 Å². The van der Waals surface area contributed by atoms with Crippen LogP contribution in [0.25, 0.3) is 0 Å². The van der Waals surface area contributed by atoms with E-state index in [-0.39, 0.29) is 5.97 Å². The van der Waals surface area contributed by atoms with Crippen molar-refractivity contribution in [3.63, 3.8) is 0 Å². The molecule has 1 aliphatic heterocycles. The Hall–Kier alpha value is -1.61. The summed E-state index contributed by atoms with van der Waals surface area (Å²) in [5.41, 5.74) is 3.52. The summed E-state index contributed by atoms with van der Waals surface area (Å²) in [6.45, 7) is 4.60. The summed E-state index contributed by atoms with van der Waals surface area (Å²) in [6, 6.07) is 8.55. The molecule has 2 rings (SSSR count). The molecule has 18 heavy (non-hydrogen) atoms. The summed E-state index contributed by atoms with van der Waals surface area (Å²) in [5.74, 6) is -0.243. The number of hydrogen-bond donors (Lipinski definition) is 0. The molecule has 1 aromatic carbocycles. The molecule has 3 nitrogen and oxygen atoms in total. The number of benzene rings is 1. The Kier molecular flexibility index (Phi) is 4.15. The molecular weight excluding hydrogens is 226 g/mol. The van der Waals surface area contributed by atoms with Gasteiger partial charge in [0.15, 0.2) is 0 Å². The van der Waals surface area contributed by atoms with Crippen LogP contribution in [0.15, 0.2) is 35.9 Å². The minimum Gasteiger partial charge on any atom is -0.466 e. The lowest BCUT2D eigenvalue weighted by atomic mass is 10.00. The first-order chi connectivity index (χ1) is 8.70. The Morgan fingerprint density at radius 1 is 1.39 bits per heavy atom. The quantitative estimate of drug-likeness (QED) is 0.604. The standard InChI is InChI=1S/C15H19NO2/c1-12(15(17)18-2)7-9-16-10-8-13-5-3-4-6-14(13)11-16/h3-7H,8-11H2,1-2H3. The maximum Gasteiger partial charge on any atom is 0.333 e. The lowest BCUT2D eigenvalue weighted by Crippen LogP contribution is -2.30. The number of nitrogens with zero attached hydrogens (tertiary/aromatic N) is 1. The Bertz CT molecular complexity index is 465. The van der Waals surface area contributed by atoms with Gasteiger partial charge in [0, 0.05) is 25.2 Å². The smallest absolute Gasteiger partial charge is 0.333 e. The van der Waals surface area contributed by atoms with Gasteiger partial charge in [-0.2, -0.15) is 0 Å². The van der Waals surface area contributed by atoms with Crippen LogP contribution in [0.4, 0.5) is 0 Å². The van der Waals surface area contributed by atoms with Crippen molar-refractivity contribution in [3.05, 3.63) is 47.0 Å². The molecule has 0 atom stereocenters.